The van der Waals surface area contributed by atoms with E-state index in [2.05, 4.69) is 6.07 Å². The molecule has 0 aliphatic rings. The van der Waals surface area contributed by atoms with Crippen molar-refractivity contribution in [3.05, 3.63) is 81.4 Å². The van der Waals surface area contributed by atoms with Crippen LogP contribution in [0, 0.1) is 21.4 Å². The molecule has 0 bridgehead atoms. The fourth-order valence-electron chi connectivity index (χ4n) is 3.28. The van der Waals surface area contributed by atoms with E-state index in [9.17, 15) is 14.9 Å². The van der Waals surface area contributed by atoms with Gasteiger partial charge in [-0.2, -0.15) is 5.26 Å². The third-order valence-electron chi connectivity index (χ3n) is 4.90. The molecule has 0 N–H and O–H groups in total. The van der Waals surface area contributed by atoms with Crippen LogP contribution in [0.4, 0.5) is 11.4 Å². The number of nitro groups is 1. The molecule has 180 valence electrons. The summed E-state index contributed by atoms with van der Waals surface area (Å²) in [6.07, 6.45) is 0.136. The number of nitrogens with zero attached hydrogens (tertiary/aromatic N) is 3. The molecule has 0 radical (unpaired) electrons. The maximum absolute atomic E-state index is 13.4. The zero-order chi connectivity index (χ0) is 25.4. The highest BCUT2D eigenvalue weighted by Gasteiger charge is 2.22. The fourth-order valence-corrected chi connectivity index (χ4v) is 3.44. The largest absolute Gasteiger partial charge is 0.494 e. The van der Waals surface area contributed by atoms with Crippen LogP contribution in [0.1, 0.15) is 23.7 Å². The summed E-state index contributed by atoms with van der Waals surface area (Å²) in [4.78, 5) is 25.6. The SMILES string of the molecule is CCOc1ccc(N(CCC#N)C(=O)c2ccc(Oc3ccc(Cl)cc3[N+](=O)[O-])c(OC)c2)cc1. The van der Waals surface area contributed by atoms with Crippen LogP contribution in [-0.2, 0) is 0 Å². The molecule has 0 saturated heterocycles. The Labute approximate surface area is 207 Å². The smallest absolute Gasteiger partial charge is 0.313 e. The maximum atomic E-state index is 13.4. The first-order chi connectivity index (χ1) is 16.9. The van der Waals surface area contributed by atoms with Gasteiger partial charge in [-0.05, 0) is 61.5 Å². The average Bonchev–Trinajstić information content (AvgIpc) is 2.86. The third-order valence-corrected chi connectivity index (χ3v) is 5.14. The Hall–Kier alpha value is -4.29. The lowest BCUT2D eigenvalue weighted by atomic mass is 10.1. The number of ether oxygens (including phenoxy) is 3. The summed E-state index contributed by atoms with van der Waals surface area (Å²) in [7, 11) is 1.40. The van der Waals surface area contributed by atoms with Gasteiger partial charge < -0.3 is 19.1 Å². The molecule has 9 nitrogen and oxygen atoms in total. The van der Waals surface area contributed by atoms with Gasteiger partial charge >= 0.3 is 5.69 Å². The van der Waals surface area contributed by atoms with Crippen molar-refractivity contribution in [1.29, 1.82) is 5.26 Å². The minimum Gasteiger partial charge on any atom is -0.494 e. The van der Waals surface area contributed by atoms with Crippen molar-refractivity contribution in [1.82, 2.24) is 0 Å². The average molecular weight is 496 g/mol. The molecule has 3 aromatic carbocycles. The first-order valence-corrected chi connectivity index (χ1v) is 11.0. The summed E-state index contributed by atoms with van der Waals surface area (Å²) in [5.41, 5.74) is 0.578. The first kappa shape index (κ1) is 25.3. The van der Waals surface area contributed by atoms with E-state index in [0.717, 1.165) is 0 Å². The van der Waals surface area contributed by atoms with Gasteiger partial charge in [-0.25, -0.2) is 0 Å². The van der Waals surface area contributed by atoms with E-state index < -0.39 is 4.92 Å². The molecule has 0 unspecified atom stereocenters. The number of carbonyl (C=O) groups is 1. The Balaban J connectivity index is 1.91. The number of methoxy groups -OCH3 is 1. The maximum Gasteiger partial charge on any atom is 0.313 e. The van der Waals surface area contributed by atoms with Crippen molar-refractivity contribution in [2.45, 2.75) is 13.3 Å². The molecule has 0 fully saturated rings. The van der Waals surface area contributed by atoms with Gasteiger partial charge in [0.05, 0.1) is 31.1 Å². The Bertz CT molecular complexity index is 1260. The predicted molar refractivity (Wildman–Crippen MR) is 131 cm³/mol. The number of hydrogen-bond donors (Lipinski definition) is 0. The van der Waals surface area contributed by atoms with Crippen LogP contribution < -0.4 is 19.1 Å². The molecular formula is C25H22ClN3O6. The molecule has 3 aromatic rings. The molecule has 0 atom stereocenters. The molecule has 1 amide bonds. The molecule has 3 rings (SSSR count). The monoisotopic (exact) mass is 495 g/mol. The molecule has 35 heavy (non-hydrogen) atoms. The molecular weight excluding hydrogens is 474 g/mol. The number of nitro benzene ring substituents is 1. The van der Waals surface area contributed by atoms with E-state index in [1.54, 1.807) is 24.3 Å². The number of halogens is 1. The molecule has 0 aliphatic heterocycles. The van der Waals surface area contributed by atoms with E-state index in [0.29, 0.717) is 18.0 Å². The number of carbonyl (C=O) groups excluding carboxylic acids is 1. The first-order valence-electron chi connectivity index (χ1n) is 10.6. The molecule has 0 spiro atoms. The van der Waals surface area contributed by atoms with Gasteiger partial charge in [-0.3, -0.25) is 14.9 Å². The van der Waals surface area contributed by atoms with Gasteiger partial charge in [0, 0.05) is 28.9 Å². The zero-order valence-corrected chi connectivity index (χ0v) is 19.8. The fraction of sp³-hybridized carbons (Fsp3) is 0.200. The van der Waals surface area contributed by atoms with E-state index in [1.807, 2.05) is 6.92 Å². The van der Waals surface area contributed by atoms with E-state index in [4.69, 9.17) is 31.1 Å². The molecule has 0 aromatic heterocycles. The zero-order valence-electron chi connectivity index (χ0n) is 19.1. The van der Waals surface area contributed by atoms with Gasteiger partial charge in [0.1, 0.15) is 5.75 Å². The normalized spacial score (nSPS) is 10.2. The van der Waals surface area contributed by atoms with E-state index in [-0.39, 0.29) is 52.4 Å². The number of nitriles is 1. The summed E-state index contributed by atoms with van der Waals surface area (Å²) in [5, 5.41) is 20.6. The standard InChI is InChI=1S/C25H22ClN3O6/c1-3-34-20-9-7-19(8-10-20)28(14-4-13-27)25(30)17-5-11-23(24(15-17)33-2)35-22-12-6-18(26)16-21(22)29(31)32/h5-12,15-16H,3-4,14H2,1-2H3. The van der Waals surface area contributed by atoms with Crippen molar-refractivity contribution in [2.75, 3.05) is 25.2 Å². The lowest BCUT2D eigenvalue weighted by Crippen LogP contribution is -2.31. The number of hydrogen-bond acceptors (Lipinski definition) is 7. The highest BCUT2D eigenvalue weighted by Crippen LogP contribution is 2.38. The van der Waals surface area contributed by atoms with Gasteiger partial charge in [-0.15, -0.1) is 0 Å². The van der Waals surface area contributed by atoms with Crippen molar-refractivity contribution >= 4 is 28.9 Å². The van der Waals surface area contributed by atoms with Crippen LogP contribution in [0.5, 0.6) is 23.0 Å². The van der Waals surface area contributed by atoms with Crippen LogP contribution in [0.2, 0.25) is 5.02 Å². The minimum absolute atomic E-state index is 0.0261. The Morgan fingerprint density at radius 3 is 2.43 bits per heavy atom. The second-order valence-corrected chi connectivity index (χ2v) is 7.57. The van der Waals surface area contributed by atoms with Crippen molar-refractivity contribution in [2.24, 2.45) is 0 Å². The van der Waals surface area contributed by atoms with Crippen LogP contribution in [0.15, 0.2) is 60.7 Å². The van der Waals surface area contributed by atoms with E-state index in [1.165, 1.54) is 48.4 Å². The van der Waals surface area contributed by atoms with Crippen LogP contribution >= 0.6 is 11.6 Å². The minimum atomic E-state index is -0.602. The van der Waals surface area contributed by atoms with Crippen LogP contribution in [0.3, 0.4) is 0 Å². The summed E-state index contributed by atoms with van der Waals surface area (Å²) in [5.74, 6) is 0.670. The summed E-state index contributed by atoms with van der Waals surface area (Å²) < 4.78 is 16.6. The summed E-state index contributed by atoms with van der Waals surface area (Å²) in [6.45, 7) is 2.58. The van der Waals surface area contributed by atoms with Gasteiger partial charge in [0.2, 0.25) is 5.75 Å². The van der Waals surface area contributed by atoms with Crippen LogP contribution in [-0.4, -0.2) is 31.1 Å². The Kier molecular flexibility index (Phi) is 8.48. The van der Waals surface area contributed by atoms with Crippen molar-refractivity contribution in [3.63, 3.8) is 0 Å². The summed E-state index contributed by atoms with van der Waals surface area (Å²) >= 11 is 5.86. The molecule has 0 saturated carbocycles. The van der Waals surface area contributed by atoms with E-state index >= 15 is 0 Å². The number of amides is 1. The van der Waals surface area contributed by atoms with Crippen molar-refractivity contribution < 1.29 is 23.9 Å². The summed E-state index contributed by atoms with van der Waals surface area (Å²) in [6, 6.07) is 17.6. The molecule has 0 aliphatic carbocycles. The Morgan fingerprint density at radius 2 is 1.80 bits per heavy atom. The number of benzene rings is 3. The van der Waals surface area contributed by atoms with Gasteiger partial charge in [-0.1, -0.05) is 11.6 Å². The van der Waals surface area contributed by atoms with Crippen LogP contribution in [0.25, 0.3) is 0 Å². The Morgan fingerprint density at radius 1 is 1.09 bits per heavy atom. The topological polar surface area (TPSA) is 115 Å². The lowest BCUT2D eigenvalue weighted by molar-refractivity contribution is -0.385. The number of anilines is 1. The number of rotatable bonds is 10. The van der Waals surface area contributed by atoms with Crippen molar-refractivity contribution in [3.8, 4) is 29.1 Å². The van der Waals surface area contributed by atoms with Gasteiger partial charge in [0.15, 0.2) is 11.5 Å². The van der Waals surface area contributed by atoms with Gasteiger partial charge in [0.25, 0.3) is 5.91 Å². The predicted octanol–water partition coefficient (Wildman–Crippen LogP) is 6.01. The quantitative estimate of drug-likeness (QED) is 0.250. The highest BCUT2D eigenvalue weighted by molar-refractivity contribution is 6.30. The molecule has 10 heteroatoms. The second-order valence-electron chi connectivity index (χ2n) is 7.13. The second kappa shape index (κ2) is 11.7. The highest BCUT2D eigenvalue weighted by atomic mass is 35.5. The lowest BCUT2D eigenvalue weighted by Gasteiger charge is -2.23. The molecule has 0 heterocycles. The third kappa shape index (κ3) is 6.19.